The van der Waals surface area contributed by atoms with Gasteiger partial charge in [0.2, 0.25) is 0 Å². The number of carbonyl (C=O) groups excluding carboxylic acids is 1. The van der Waals surface area contributed by atoms with Crippen molar-refractivity contribution in [2.75, 3.05) is 19.8 Å². The minimum absolute atomic E-state index is 0.252. The second kappa shape index (κ2) is 16.1. The lowest BCUT2D eigenvalue weighted by atomic mass is 10.1. The number of esters is 1. The van der Waals surface area contributed by atoms with Crippen molar-refractivity contribution in [1.29, 1.82) is 0 Å². The average Bonchev–Trinajstić information content (AvgIpc) is 3.23. The van der Waals surface area contributed by atoms with E-state index in [1.54, 1.807) is 0 Å². The summed E-state index contributed by atoms with van der Waals surface area (Å²) in [5, 5.41) is 28.8. The van der Waals surface area contributed by atoms with Crippen LogP contribution in [0.2, 0.25) is 0 Å². The van der Waals surface area contributed by atoms with E-state index in [1.165, 1.54) is 51.4 Å². The molecular formula is C21H40O7. The van der Waals surface area contributed by atoms with E-state index in [-0.39, 0.29) is 6.42 Å². The summed E-state index contributed by atoms with van der Waals surface area (Å²) >= 11 is 0. The quantitative estimate of drug-likeness (QED) is 0.253. The summed E-state index contributed by atoms with van der Waals surface area (Å²) in [5.41, 5.74) is 0. The van der Waals surface area contributed by atoms with Gasteiger partial charge in [0.1, 0.15) is 12.2 Å². The van der Waals surface area contributed by atoms with Crippen molar-refractivity contribution in [1.82, 2.24) is 0 Å². The van der Waals surface area contributed by atoms with E-state index in [0.717, 1.165) is 19.3 Å². The van der Waals surface area contributed by atoms with Gasteiger partial charge in [0.15, 0.2) is 12.4 Å². The topological polar surface area (TPSA) is 105 Å². The molecule has 0 bridgehead atoms. The summed E-state index contributed by atoms with van der Waals surface area (Å²) in [6.07, 6.45) is 8.46. The first-order chi connectivity index (χ1) is 13.6. The third-order valence-corrected chi connectivity index (χ3v) is 5.09. The zero-order valence-corrected chi connectivity index (χ0v) is 17.4. The molecule has 3 atom stereocenters. The zero-order chi connectivity index (χ0) is 20.6. The van der Waals surface area contributed by atoms with Gasteiger partial charge in [-0.1, -0.05) is 71.1 Å². The first-order valence-corrected chi connectivity index (χ1v) is 11.0. The molecule has 1 heterocycles. The van der Waals surface area contributed by atoms with Crippen molar-refractivity contribution >= 4 is 5.97 Å². The summed E-state index contributed by atoms with van der Waals surface area (Å²) in [5.74, 6) is -0.454. The van der Waals surface area contributed by atoms with Crippen LogP contribution in [-0.4, -0.2) is 65.7 Å². The summed E-state index contributed by atoms with van der Waals surface area (Å²) in [7, 11) is 0. The molecule has 7 nitrogen and oxygen atoms in total. The van der Waals surface area contributed by atoms with Crippen LogP contribution in [0.15, 0.2) is 0 Å². The molecule has 1 fully saturated rings. The molecule has 3 N–H and O–H groups in total. The molecular weight excluding hydrogens is 364 g/mol. The lowest BCUT2D eigenvalue weighted by Gasteiger charge is -2.29. The lowest BCUT2D eigenvalue weighted by Crippen LogP contribution is -2.48. The summed E-state index contributed by atoms with van der Waals surface area (Å²) in [6.45, 7) is 2.26. The molecule has 1 aliphatic rings. The fraction of sp³-hybridized carbons (Fsp3) is 0.952. The Morgan fingerprint density at radius 2 is 1.43 bits per heavy atom. The molecule has 166 valence electrons. The number of hydrogen-bond acceptors (Lipinski definition) is 7. The molecule has 1 aliphatic heterocycles. The standard InChI is InChI=1S/C21H40O7/c1-2-3-4-5-6-7-8-9-10-11-12-13-18(24)28-20(19(25)17(23)16-22)21-26-14-15-27-21/h17,19-23,25H,2-16H2,1H3/t17-,19+,20-/m1/s1. The molecule has 0 unspecified atom stereocenters. The van der Waals surface area contributed by atoms with Gasteiger partial charge in [-0.15, -0.1) is 0 Å². The van der Waals surface area contributed by atoms with Gasteiger partial charge in [0, 0.05) is 6.42 Å². The van der Waals surface area contributed by atoms with Crippen LogP contribution >= 0.6 is 0 Å². The molecule has 0 aromatic carbocycles. The number of unbranched alkanes of at least 4 members (excludes halogenated alkanes) is 10. The Kier molecular flexibility index (Phi) is 14.6. The minimum Gasteiger partial charge on any atom is -0.454 e. The Labute approximate surface area is 169 Å². The van der Waals surface area contributed by atoms with Crippen LogP contribution in [0.4, 0.5) is 0 Å². The van der Waals surface area contributed by atoms with E-state index >= 15 is 0 Å². The predicted octanol–water partition coefficient (Wildman–Crippen LogP) is 2.69. The van der Waals surface area contributed by atoms with Crippen molar-refractivity contribution in [2.24, 2.45) is 0 Å². The summed E-state index contributed by atoms with van der Waals surface area (Å²) in [4.78, 5) is 12.1. The lowest BCUT2D eigenvalue weighted by molar-refractivity contribution is -0.204. The molecule has 0 aromatic rings. The van der Waals surface area contributed by atoms with Gasteiger partial charge in [-0.3, -0.25) is 4.79 Å². The van der Waals surface area contributed by atoms with Crippen LogP contribution in [0.1, 0.15) is 84.0 Å². The van der Waals surface area contributed by atoms with Crippen molar-refractivity contribution in [3.8, 4) is 0 Å². The Balaban J connectivity index is 2.14. The highest BCUT2D eigenvalue weighted by molar-refractivity contribution is 5.69. The third kappa shape index (κ3) is 10.7. The van der Waals surface area contributed by atoms with Gasteiger partial charge < -0.3 is 29.5 Å². The van der Waals surface area contributed by atoms with Crippen molar-refractivity contribution in [3.63, 3.8) is 0 Å². The molecule has 1 saturated heterocycles. The maximum absolute atomic E-state index is 12.1. The van der Waals surface area contributed by atoms with Crippen LogP contribution in [-0.2, 0) is 19.0 Å². The fourth-order valence-corrected chi connectivity index (χ4v) is 3.32. The molecule has 0 radical (unpaired) electrons. The monoisotopic (exact) mass is 404 g/mol. The van der Waals surface area contributed by atoms with Gasteiger partial charge in [-0.05, 0) is 6.42 Å². The van der Waals surface area contributed by atoms with E-state index in [1.807, 2.05) is 0 Å². The van der Waals surface area contributed by atoms with Gasteiger partial charge >= 0.3 is 5.97 Å². The van der Waals surface area contributed by atoms with E-state index in [4.69, 9.17) is 19.3 Å². The maximum atomic E-state index is 12.1. The van der Waals surface area contributed by atoms with Crippen LogP contribution in [0, 0.1) is 0 Å². The Hall–Kier alpha value is -0.730. The number of carbonyl (C=O) groups is 1. The number of rotatable bonds is 17. The summed E-state index contributed by atoms with van der Waals surface area (Å²) in [6, 6.07) is 0. The Morgan fingerprint density at radius 1 is 0.929 bits per heavy atom. The maximum Gasteiger partial charge on any atom is 0.306 e. The zero-order valence-electron chi connectivity index (χ0n) is 17.4. The molecule has 0 aliphatic carbocycles. The van der Waals surface area contributed by atoms with Crippen LogP contribution in [0.25, 0.3) is 0 Å². The fourth-order valence-electron chi connectivity index (χ4n) is 3.32. The number of aliphatic hydroxyl groups is 3. The van der Waals surface area contributed by atoms with Crippen molar-refractivity contribution in [3.05, 3.63) is 0 Å². The van der Waals surface area contributed by atoms with E-state index in [2.05, 4.69) is 6.92 Å². The van der Waals surface area contributed by atoms with Crippen LogP contribution in [0.3, 0.4) is 0 Å². The molecule has 7 heteroatoms. The average molecular weight is 405 g/mol. The van der Waals surface area contributed by atoms with E-state index in [9.17, 15) is 15.0 Å². The first kappa shape index (κ1) is 25.3. The number of aliphatic hydroxyl groups excluding tert-OH is 3. The molecule has 0 spiro atoms. The SMILES string of the molecule is CCCCCCCCCCCCCC(=O)O[C@@H](C1OCCO1)[C@@H](O)[C@H](O)CO. The summed E-state index contributed by atoms with van der Waals surface area (Å²) < 4.78 is 15.9. The molecule has 0 amide bonds. The molecule has 1 rings (SSSR count). The predicted molar refractivity (Wildman–Crippen MR) is 106 cm³/mol. The van der Waals surface area contributed by atoms with E-state index < -0.39 is 37.2 Å². The largest absolute Gasteiger partial charge is 0.454 e. The highest BCUT2D eigenvalue weighted by Crippen LogP contribution is 2.19. The molecule has 0 aromatic heterocycles. The van der Waals surface area contributed by atoms with E-state index in [0.29, 0.717) is 13.2 Å². The normalized spacial score (nSPS) is 18.1. The minimum atomic E-state index is -1.46. The number of ether oxygens (including phenoxy) is 3. The van der Waals surface area contributed by atoms with Gasteiger partial charge in [-0.25, -0.2) is 0 Å². The molecule has 28 heavy (non-hydrogen) atoms. The van der Waals surface area contributed by atoms with Crippen LogP contribution in [0.5, 0.6) is 0 Å². The smallest absolute Gasteiger partial charge is 0.306 e. The second-order valence-corrected chi connectivity index (χ2v) is 7.59. The van der Waals surface area contributed by atoms with Crippen molar-refractivity contribution in [2.45, 2.75) is 109 Å². The van der Waals surface area contributed by atoms with Crippen molar-refractivity contribution < 1.29 is 34.3 Å². The van der Waals surface area contributed by atoms with Crippen LogP contribution < -0.4 is 0 Å². The highest BCUT2D eigenvalue weighted by Gasteiger charge is 2.39. The Morgan fingerprint density at radius 3 is 1.93 bits per heavy atom. The Bertz CT molecular complexity index is 385. The molecule has 0 saturated carbocycles. The number of hydrogen-bond donors (Lipinski definition) is 3. The van der Waals surface area contributed by atoms with Gasteiger partial charge in [0.05, 0.1) is 19.8 Å². The third-order valence-electron chi connectivity index (χ3n) is 5.09. The highest BCUT2D eigenvalue weighted by atomic mass is 16.7. The van der Waals surface area contributed by atoms with Gasteiger partial charge in [0.25, 0.3) is 0 Å². The first-order valence-electron chi connectivity index (χ1n) is 11.0. The van der Waals surface area contributed by atoms with Gasteiger partial charge in [-0.2, -0.15) is 0 Å². The second-order valence-electron chi connectivity index (χ2n) is 7.59.